The third kappa shape index (κ3) is 4.82. The van der Waals surface area contributed by atoms with Gasteiger partial charge in [-0.3, -0.25) is 9.59 Å². The third-order valence-electron chi connectivity index (χ3n) is 4.56. The molecule has 1 aromatic heterocycles. The molecule has 0 radical (unpaired) electrons. The molecule has 0 aliphatic heterocycles. The third-order valence-corrected chi connectivity index (χ3v) is 4.56. The van der Waals surface area contributed by atoms with E-state index in [9.17, 15) is 14.4 Å². The van der Waals surface area contributed by atoms with Gasteiger partial charge in [-0.15, -0.1) is 0 Å². The van der Waals surface area contributed by atoms with Crippen LogP contribution in [0.1, 0.15) is 27.0 Å². The van der Waals surface area contributed by atoms with Gasteiger partial charge in [-0.25, -0.2) is 4.79 Å². The lowest BCUT2D eigenvalue weighted by molar-refractivity contribution is -0.146. The van der Waals surface area contributed by atoms with E-state index in [0.29, 0.717) is 22.4 Å². The van der Waals surface area contributed by atoms with Crippen LogP contribution in [0, 0.1) is 13.8 Å². The molecule has 0 saturated carbocycles. The van der Waals surface area contributed by atoms with Crippen LogP contribution in [0.25, 0.3) is 11.0 Å². The fourth-order valence-corrected chi connectivity index (χ4v) is 2.83. The van der Waals surface area contributed by atoms with Gasteiger partial charge in [-0.1, -0.05) is 0 Å². The molecule has 29 heavy (non-hydrogen) atoms. The molecule has 2 aromatic carbocycles. The first-order valence-corrected chi connectivity index (χ1v) is 8.98. The number of esters is 2. The Bertz CT molecular complexity index is 1060. The highest BCUT2D eigenvalue weighted by molar-refractivity contribution is 5.94. The number of carbonyl (C=O) groups excluding carboxylic acids is 3. The van der Waals surface area contributed by atoms with Crippen LogP contribution in [0.2, 0.25) is 0 Å². The van der Waals surface area contributed by atoms with Gasteiger partial charge < -0.3 is 19.2 Å². The van der Waals surface area contributed by atoms with Crippen molar-refractivity contribution in [1.82, 2.24) is 0 Å². The quantitative estimate of drug-likeness (QED) is 0.641. The maximum Gasteiger partial charge on any atom is 0.337 e. The van der Waals surface area contributed by atoms with Crippen molar-refractivity contribution in [3.63, 3.8) is 0 Å². The number of hydrogen-bond donors (Lipinski definition) is 1. The van der Waals surface area contributed by atoms with Crippen LogP contribution in [-0.4, -0.2) is 31.6 Å². The SMILES string of the molecule is COC(=O)c1ccc(NC(=O)COC(=O)Cc2coc3cc(C)c(C)cc23)cc1. The van der Waals surface area contributed by atoms with Crippen molar-refractivity contribution in [3.8, 4) is 0 Å². The van der Waals surface area contributed by atoms with Crippen molar-refractivity contribution in [2.75, 3.05) is 19.0 Å². The first-order chi connectivity index (χ1) is 13.9. The highest BCUT2D eigenvalue weighted by Crippen LogP contribution is 2.25. The summed E-state index contributed by atoms with van der Waals surface area (Å²) >= 11 is 0. The smallest absolute Gasteiger partial charge is 0.337 e. The minimum absolute atomic E-state index is 0.0105. The first kappa shape index (κ1) is 20.1. The molecule has 0 atom stereocenters. The molecule has 1 amide bonds. The minimum Gasteiger partial charge on any atom is -0.465 e. The Labute approximate surface area is 167 Å². The minimum atomic E-state index is -0.526. The van der Waals surface area contributed by atoms with Crippen LogP contribution in [0.4, 0.5) is 5.69 Å². The summed E-state index contributed by atoms with van der Waals surface area (Å²) in [6, 6.07) is 10.1. The predicted molar refractivity (Wildman–Crippen MR) is 107 cm³/mol. The molecule has 0 aliphatic rings. The van der Waals surface area contributed by atoms with Gasteiger partial charge in [0.05, 0.1) is 25.4 Å². The van der Waals surface area contributed by atoms with E-state index in [2.05, 4.69) is 10.1 Å². The van der Waals surface area contributed by atoms with Gasteiger partial charge in [0.25, 0.3) is 5.91 Å². The summed E-state index contributed by atoms with van der Waals surface area (Å²) in [5.74, 6) is -1.47. The number of rotatable bonds is 6. The lowest BCUT2D eigenvalue weighted by Gasteiger charge is -2.07. The Kier molecular flexibility index (Phi) is 5.97. The lowest BCUT2D eigenvalue weighted by Crippen LogP contribution is -2.21. The zero-order valence-corrected chi connectivity index (χ0v) is 16.4. The Morgan fingerprint density at radius 3 is 2.41 bits per heavy atom. The van der Waals surface area contributed by atoms with E-state index in [1.54, 1.807) is 12.1 Å². The average Bonchev–Trinajstić information content (AvgIpc) is 3.08. The Hall–Kier alpha value is -3.61. The first-order valence-electron chi connectivity index (χ1n) is 8.98. The summed E-state index contributed by atoms with van der Waals surface area (Å²) in [6.45, 7) is 3.57. The Morgan fingerprint density at radius 2 is 1.72 bits per heavy atom. The van der Waals surface area contributed by atoms with Crippen molar-refractivity contribution in [2.45, 2.75) is 20.3 Å². The summed E-state index contributed by atoms with van der Waals surface area (Å²) in [6.07, 6.45) is 1.55. The number of benzene rings is 2. The second-order valence-corrected chi connectivity index (χ2v) is 6.65. The zero-order chi connectivity index (χ0) is 21.0. The van der Waals surface area contributed by atoms with Crippen molar-refractivity contribution < 1.29 is 28.3 Å². The molecule has 7 nitrogen and oxygen atoms in total. The van der Waals surface area contributed by atoms with E-state index in [1.165, 1.54) is 25.5 Å². The number of fused-ring (bicyclic) bond motifs is 1. The Balaban J connectivity index is 1.53. The molecular formula is C22H21NO6. The molecule has 1 N–H and O–H groups in total. The molecule has 1 heterocycles. The predicted octanol–water partition coefficient (Wildman–Crippen LogP) is 3.56. The van der Waals surface area contributed by atoms with Crippen molar-refractivity contribution in [2.24, 2.45) is 0 Å². The van der Waals surface area contributed by atoms with Gasteiger partial charge in [0.2, 0.25) is 0 Å². The molecule has 7 heteroatoms. The molecule has 3 rings (SSSR count). The van der Waals surface area contributed by atoms with Crippen LogP contribution in [0.15, 0.2) is 47.1 Å². The summed E-state index contributed by atoms with van der Waals surface area (Å²) in [7, 11) is 1.29. The van der Waals surface area contributed by atoms with Gasteiger partial charge in [0, 0.05) is 16.6 Å². The number of furan rings is 1. The van der Waals surface area contributed by atoms with E-state index in [4.69, 9.17) is 9.15 Å². The van der Waals surface area contributed by atoms with Crippen LogP contribution in [0.5, 0.6) is 0 Å². The number of ether oxygens (including phenoxy) is 2. The van der Waals surface area contributed by atoms with E-state index >= 15 is 0 Å². The van der Waals surface area contributed by atoms with E-state index in [1.807, 2.05) is 26.0 Å². The number of amides is 1. The molecule has 0 spiro atoms. The number of aryl methyl sites for hydroxylation is 2. The second kappa shape index (κ2) is 8.60. The van der Waals surface area contributed by atoms with Crippen LogP contribution in [0.3, 0.4) is 0 Å². The van der Waals surface area contributed by atoms with Crippen molar-refractivity contribution in [3.05, 3.63) is 64.9 Å². The van der Waals surface area contributed by atoms with Crippen molar-refractivity contribution >= 4 is 34.5 Å². The lowest BCUT2D eigenvalue weighted by atomic mass is 10.0. The highest BCUT2D eigenvalue weighted by Gasteiger charge is 2.14. The number of carbonyl (C=O) groups is 3. The van der Waals surface area contributed by atoms with E-state index in [0.717, 1.165) is 16.5 Å². The molecule has 150 valence electrons. The second-order valence-electron chi connectivity index (χ2n) is 6.65. The van der Waals surface area contributed by atoms with Gasteiger partial charge >= 0.3 is 11.9 Å². The highest BCUT2D eigenvalue weighted by atomic mass is 16.5. The monoisotopic (exact) mass is 395 g/mol. The molecular weight excluding hydrogens is 374 g/mol. The topological polar surface area (TPSA) is 94.8 Å². The Morgan fingerprint density at radius 1 is 1.03 bits per heavy atom. The fraction of sp³-hybridized carbons (Fsp3) is 0.227. The summed E-state index contributed by atoms with van der Waals surface area (Å²) in [4.78, 5) is 35.5. The molecule has 0 bridgehead atoms. The number of hydrogen-bond acceptors (Lipinski definition) is 6. The fourth-order valence-electron chi connectivity index (χ4n) is 2.83. The molecule has 3 aromatic rings. The number of methoxy groups -OCH3 is 1. The van der Waals surface area contributed by atoms with Crippen molar-refractivity contribution in [1.29, 1.82) is 0 Å². The average molecular weight is 395 g/mol. The normalized spacial score (nSPS) is 10.6. The zero-order valence-electron chi connectivity index (χ0n) is 16.4. The largest absolute Gasteiger partial charge is 0.465 e. The summed E-state index contributed by atoms with van der Waals surface area (Å²) in [5.41, 5.74) is 4.49. The van der Waals surface area contributed by atoms with Crippen LogP contribution >= 0.6 is 0 Å². The van der Waals surface area contributed by atoms with E-state index < -0.39 is 24.5 Å². The summed E-state index contributed by atoms with van der Waals surface area (Å²) < 4.78 is 15.2. The summed E-state index contributed by atoms with van der Waals surface area (Å²) in [5, 5.41) is 3.46. The van der Waals surface area contributed by atoms with E-state index in [-0.39, 0.29) is 6.42 Å². The molecule has 0 fully saturated rings. The van der Waals surface area contributed by atoms with Gasteiger partial charge in [0.15, 0.2) is 6.61 Å². The van der Waals surface area contributed by atoms with Crippen LogP contribution in [-0.2, 0) is 25.5 Å². The molecule has 0 aliphatic carbocycles. The molecule has 0 saturated heterocycles. The maximum atomic E-state index is 12.1. The van der Waals surface area contributed by atoms with Gasteiger partial charge in [0.1, 0.15) is 5.58 Å². The maximum absolute atomic E-state index is 12.1. The van der Waals surface area contributed by atoms with Gasteiger partial charge in [-0.05, 0) is 61.4 Å². The number of nitrogens with one attached hydrogen (secondary N) is 1. The standard InChI is InChI=1S/C22H21NO6/c1-13-8-18-16(11-28-19(18)9-14(13)2)10-21(25)29-12-20(24)23-17-6-4-15(5-7-17)22(26)27-3/h4-9,11H,10,12H2,1-3H3,(H,23,24). The van der Waals surface area contributed by atoms with Crippen LogP contribution < -0.4 is 5.32 Å². The number of anilines is 1. The molecule has 0 unspecified atom stereocenters. The van der Waals surface area contributed by atoms with Gasteiger partial charge in [-0.2, -0.15) is 0 Å².